The Labute approximate surface area is 135 Å². The number of esters is 1. The van der Waals surface area contributed by atoms with E-state index < -0.39 is 0 Å². The number of carbonyl (C=O) groups is 2. The smallest absolute Gasteiger partial charge is 0.302 e. The first-order chi connectivity index (χ1) is 10.3. The summed E-state index contributed by atoms with van der Waals surface area (Å²) in [5, 5.41) is 3.03. The molecule has 1 N–H and O–H groups in total. The van der Waals surface area contributed by atoms with Crippen LogP contribution in [-0.4, -0.2) is 24.0 Å². The maximum Gasteiger partial charge on any atom is 0.302 e. The molecule has 2 unspecified atom stereocenters. The second kappa shape index (κ2) is 9.16. The fourth-order valence-electron chi connectivity index (χ4n) is 3.51. The molecule has 0 aromatic rings. The van der Waals surface area contributed by atoms with Crippen molar-refractivity contribution in [1.82, 2.24) is 5.32 Å². The highest BCUT2D eigenvalue weighted by atomic mass is 16.5. The number of hydrogen-bond donors (Lipinski definition) is 1. The lowest BCUT2D eigenvalue weighted by molar-refractivity contribution is -0.148. The Morgan fingerprint density at radius 3 is 2.18 bits per heavy atom. The zero-order valence-corrected chi connectivity index (χ0v) is 14.9. The zero-order valence-electron chi connectivity index (χ0n) is 14.9. The van der Waals surface area contributed by atoms with Crippen molar-refractivity contribution in [2.45, 2.75) is 85.3 Å². The van der Waals surface area contributed by atoms with Crippen LogP contribution in [0.1, 0.15) is 73.1 Å². The number of hydrogen-bond acceptors (Lipinski definition) is 3. The van der Waals surface area contributed by atoms with E-state index in [-0.39, 0.29) is 29.9 Å². The SMILES string of the molecule is CCC(CC(C)C1CCC(OC(C)=O)CC1)C(=O)NC(C)C. The van der Waals surface area contributed by atoms with Crippen LogP contribution in [0.4, 0.5) is 0 Å². The van der Waals surface area contributed by atoms with Crippen molar-refractivity contribution in [3.05, 3.63) is 0 Å². The topological polar surface area (TPSA) is 55.4 Å². The highest BCUT2D eigenvalue weighted by Crippen LogP contribution is 2.35. The highest BCUT2D eigenvalue weighted by molar-refractivity contribution is 5.78. The van der Waals surface area contributed by atoms with E-state index in [0.717, 1.165) is 38.5 Å². The Morgan fingerprint density at radius 2 is 1.73 bits per heavy atom. The summed E-state index contributed by atoms with van der Waals surface area (Å²) in [7, 11) is 0. The Morgan fingerprint density at radius 1 is 1.14 bits per heavy atom. The number of nitrogens with one attached hydrogen (secondary N) is 1. The van der Waals surface area contributed by atoms with Gasteiger partial charge in [-0.2, -0.15) is 0 Å². The molecule has 4 heteroatoms. The van der Waals surface area contributed by atoms with Gasteiger partial charge in [0.25, 0.3) is 0 Å². The summed E-state index contributed by atoms with van der Waals surface area (Å²) in [6.07, 6.45) is 6.08. The first-order valence-electron chi connectivity index (χ1n) is 8.81. The lowest BCUT2D eigenvalue weighted by Crippen LogP contribution is -2.37. The van der Waals surface area contributed by atoms with Gasteiger partial charge >= 0.3 is 5.97 Å². The molecule has 1 amide bonds. The average Bonchev–Trinajstić information content (AvgIpc) is 2.43. The zero-order chi connectivity index (χ0) is 16.7. The molecule has 0 heterocycles. The maximum atomic E-state index is 12.2. The number of carbonyl (C=O) groups excluding carboxylic acids is 2. The van der Waals surface area contributed by atoms with Crippen LogP contribution >= 0.6 is 0 Å². The highest BCUT2D eigenvalue weighted by Gasteiger charge is 2.29. The molecular formula is C18H33NO3. The van der Waals surface area contributed by atoms with E-state index in [1.54, 1.807) is 0 Å². The van der Waals surface area contributed by atoms with Crippen LogP contribution in [0.3, 0.4) is 0 Å². The second-order valence-electron chi connectivity index (χ2n) is 7.13. The molecule has 0 bridgehead atoms. The van der Waals surface area contributed by atoms with Gasteiger partial charge in [-0.3, -0.25) is 9.59 Å². The third kappa shape index (κ3) is 6.37. The lowest BCUT2D eigenvalue weighted by Gasteiger charge is -2.33. The van der Waals surface area contributed by atoms with E-state index >= 15 is 0 Å². The summed E-state index contributed by atoms with van der Waals surface area (Å²) >= 11 is 0. The normalized spacial score (nSPS) is 24.6. The third-order valence-electron chi connectivity index (χ3n) is 4.81. The Hall–Kier alpha value is -1.06. The van der Waals surface area contributed by atoms with Crippen LogP contribution in [0.5, 0.6) is 0 Å². The summed E-state index contributed by atoms with van der Waals surface area (Å²) < 4.78 is 5.30. The molecular weight excluding hydrogens is 278 g/mol. The Bertz CT molecular complexity index is 359. The van der Waals surface area contributed by atoms with Crippen molar-refractivity contribution in [2.75, 3.05) is 0 Å². The van der Waals surface area contributed by atoms with E-state index in [9.17, 15) is 9.59 Å². The van der Waals surface area contributed by atoms with Gasteiger partial charge in [-0.1, -0.05) is 13.8 Å². The molecule has 0 aromatic carbocycles. The predicted molar refractivity (Wildman–Crippen MR) is 88.4 cm³/mol. The minimum Gasteiger partial charge on any atom is -0.463 e. The van der Waals surface area contributed by atoms with Gasteiger partial charge in [0.05, 0.1) is 0 Å². The van der Waals surface area contributed by atoms with E-state index in [1.807, 2.05) is 13.8 Å². The van der Waals surface area contributed by atoms with Gasteiger partial charge in [-0.05, 0) is 64.2 Å². The summed E-state index contributed by atoms with van der Waals surface area (Å²) in [5.74, 6) is 1.32. The third-order valence-corrected chi connectivity index (χ3v) is 4.81. The van der Waals surface area contributed by atoms with Gasteiger partial charge in [-0.15, -0.1) is 0 Å². The van der Waals surface area contributed by atoms with Crippen LogP contribution < -0.4 is 5.32 Å². The van der Waals surface area contributed by atoms with Crippen LogP contribution in [0.15, 0.2) is 0 Å². The molecule has 22 heavy (non-hydrogen) atoms. The average molecular weight is 311 g/mol. The van der Waals surface area contributed by atoms with Gasteiger partial charge in [0.15, 0.2) is 0 Å². The number of amides is 1. The predicted octanol–water partition coefficient (Wildman–Crippen LogP) is 3.69. The first-order valence-corrected chi connectivity index (χ1v) is 8.81. The molecule has 0 spiro atoms. The summed E-state index contributed by atoms with van der Waals surface area (Å²) in [6, 6.07) is 0.205. The molecule has 0 radical (unpaired) electrons. The van der Waals surface area contributed by atoms with E-state index in [4.69, 9.17) is 4.74 Å². The van der Waals surface area contributed by atoms with Crippen LogP contribution in [0.2, 0.25) is 0 Å². The molecule has 1 aliphatic carbocycles. The van der Waals surface area contributed by atoms with Crippen LogP contribution in [-0.2, 0) is 14.3 Å². The molecule has 1 saturated carbocycles. The van der Waals surface area contributed by atoms with Crippen molar-refractivity contribution in [3.63, 3.8) is 0 Å². The van der Waals surface area contributed by atoms with Crippen molar-refractivity contribution in [1.29, 1.82) is 0 Å². The van der Waals surface area contributed by atoms with Crippen molar-refractivity contribution in [2.24, 2.45) is 17.8 Å². The van der Waals surface area contributed by atoms with E-state index in [0.29, 0.717) is 11.8 Å². The van der Waals surface area contributed by atoms with E-state index in [2.05, 4.69) is 19.2 Å². The van der Waals surface area contributed by atoms with E-state index in [1.165, 1.54) is 6.92 Å². The van der Waals surface area contributed by atoms with Gasteiger partial charge in [0.1, 0.15) is 6.10 Å². The van der Waals surface area contributed by atoms with Gasteiger partial charge in [-0.25, -0.2) is 0 Å². The van der Waals surface area contributed by atoms with Crippen LogP contribution in [0, 0.1) is 17.8 Å². The van der Waals surface area contributed by atoms with Gasteiger partial charge < -0.3 is 10.1 Å². The van der Waals surface area contributed by atoms with Crippen LogP contribution in [0.25, 0.3) is 0 Å². The number of rotatable bonds is 7. The maximum absolute atomic E-state index is 12.2. The fraction of sp³-hybridized carbons (Fsp3) is 0.889. The summed E-state index contributed by atoms with van der Waals surface area (Å²) in [6.45, 7) is 9.85. The fourth-order valence-corrected chi connectivity index (χ4v) is 3.51. The standard InChI is InChI=1S/C18H33NO3/c1-6-15(18(21)19-12(2)3)11-13(4)16-7-9-17(10-8-16)22-14(5)20/h12-13,15-17H,6-11H2,1-5H3,(H,19,21). The minimum atomic E-state index is -0.173. The van der Waals surface area contributed by atoms with Crippen molar-refractivity contribution in [3.8, 4) is 0 Å². The molecule has 4 nitrogen and oxygen atoms in total. The Balaban J connectivity index is 2.42. The molecule has 0 aromatic heterocycles. The summed E-state index contributed by atoms with van der Waals surface area (Å²) in [4.78, 5) is 23.2. The Kier molecular flexibility index (Phi) is 7.91. The second-order valence-corrected chi connectivity index (χ2v) is 7.13. The lowest BCUT2D eigenvalue weighted by atomic mass is 9.76. The summed E-state index contributed by atoms with van der Waals surface area (Å²) in [5.41, 5.74) is 0. The molecule has 0 saturated heterocycles. The molecule has 1 rings (SSSR count). The monoisotopic (exact) mass is 311 g/mol. The molecule has 2 atom stereocenters. The van der Waals surface area contributed by atoms with Crippen molar-refractivity contribution >= 4 is 11.9 Å². The molecule has 128 valence electrons. The van der Waals surface area contributed by atoms with Gasteiger partial charge in [0.2, 0.25) is 5.91 Å². The minimum absolute atomic E-state index is 0.104. The molecule has 1 fully saturated rings. The first kappa shape index (κ1) is 19.0. The van der Waals surface area contributed by atoms with Crippen molar-refractivity contribution < 1.29 is 14.3 Å². The largest absolute Gasteiger partial charge is 0.463 e. The molecule has 1 aliphatic rings. The number of ether oxygens (including phenoxy) is 1. The molecule has 0 aliphatic heterocycles. The quantitative estimate of drug-likeness (QED) is 0.730. The van der Waals surface area contributed by atoms with Gasteiger partial charge in [0, 0.05) is 18.9 Å².